The van der Waals surface area contributed by atoms with Crippen LogP contribution in [-0.2, 0) is 6.54 Å². The normalized spacial score (nSPS) is 10.9. The predicted octanol–water partition coefficient (Wildman–Crippen LogP) is -2.78. The third kappa shape index (κ3) is 6.03. The lowest BCUT2D eigenvalue weighted by atomic mass is 10.4. The molecule has 88 valence electrons. The molecule has 0 aliphatic rings. The van der Waals surface area contributed by atoms with E-state index < -0.39 is 10.2 Å². The summed E-state index contributed by atoms with van der Waals surface area (Å²) in [5.41, 5.74) is 1.42. The summed E-state index contributed by atoms with van der Waals surface area (Å²) >= 11 is 1.88. The van der Waals surface area contributed by atoms with Crippen molar-refractivity contribution in [3.05, 3.63) is 15.6 Å². The molecule has 1 aromatic rings. The van der Waals surface area contributed by atoms with Crippen molar-refractivity contribution in [1.29, 1.82) is 0 Å². The van der Waals surface area contributed by atoms with Crippen LogP contribution >= 0.6 is 11.3 Å². The minimum absolute atomic E-state index is 1.10. The van der Waals surface area contributed by atoms with E-state index in [4.69, 9.17) is 18.6 Å². The second kappa shape index (κ2) is 5.74. The van der Waals surface area contributed by atoms with Gasteiger partial charge in [-0.25, -0.2) is 18.6 Å². The molecule has 0 saturated carbocycles. The van der Waals surface area contributed by atoms with Gasteiger partial charge in [-0.05, 0) is 13.8 Å². The highest BCUT2D eigenvalue weighted by atomic mass is 35.7. The van der Waals surface area contributed by atoms with Gasteiger partial charge in [-0.2, -0.15) is 4.57 Å². The molecule has 1 heterocycles. The Hall–Kier alpha value is -0.240. The van der Waals surface area contributed by atoms with Crippen LogP contribution in [0.1, 0.15) is 22.5 Å². The molecule has 0 aromatic carbocycles. The van der Waals surface area contributed by atoms with E-state index in [1.165, 1.54) is 15.6 Å². The van der Waals surface area contributed by atoms with Crippen LogP contribution in [0.5, 0.6) is 0 Å². The zero-order chi connectivity index (χ0) is 12.2. The van der Waals surface area contributed by atoms with Crippen molar-refractivity contribution in [3.63, 3.8) is 0 Å². The fourth-order valence-corrected chi connectivity index (χ4v) is 2.31. The molecule has 0 saturated heterocycles. The highest BCUT2D eigenvalue weighted by molar-refractivity contribution is 7.11. The second-order valence-electron chi connectivity index (χ2n) is 2.88. The molecule has 0 aliphatic carbocycles. The molecule has 0 unspecified atom stereocenters. The lowest BCUT2D eigenvalue weighted by molar-refractivity contribution is -2.00. The molecule has 5 nitrogen and oxygen atoms in total. The monoisotopic (exact) mass is 255 g/mol. The van der Waals surface area contributed by atoms with Gasteiger partial charge in [0.25, 0.3) is 0 Å². The minimum Gasteiger partial charge on any atom is -0.222 e. The van der Waals surface area contributed by atoms with Crippen molar-refractivity contribution in [2.75, 3.05) is 0 Å². The van der Waals surface area contributed by atoms with Gasteiger partial charge in [-0.3, -0.25) is 0 Å². The summed E-state index contributed by atoms with van der Waals surface area (Å²) in [4.78, 5) is 1.44. The maximum absolute atomic E-state index is 8.49. The lowest BCUT2D eigenvalue weighted by Gasteiger charge is -2.17. The standard InChI is InChI=1S/C8H14NS.ClHO4/c1-5-9-6(2)7(3)10-8(9)4;2-1(3,4)5/h5H2,1-4H3;(H,2,3,4,5)/q+1;/p-1. The first kappa shape index (κ1) is 14.8. The molecule has 15 heavy (non-hydrogen) atoms. The van der Waals surface area contributed by atoms with E-state index >= 15 is 0 Å². The molecule has 0 radical (unpaired) electrons. The molecule has 7 heteroatoms. The third-order valence-electron chi connectivity index (χ3n) is 1.91. The van der Waals surface area contributed by atoms with E-state index in [2.05, 4.69) is 32.3 Å². The summed E-state index contributed by atoms with van der Waals surface area (Å²) in [7, 11) is -4.94. The maximum atomic E-state index is 8.49. The molecule has 0 atom stereocenters. The van der Waals surface area contributed by atoms with Crippen LogP contribution in [0.2, 0.25) is 0 Å². The molecular weight excluding hydrogens is 242 g/mol. The summed E-state index contributed by atoms with van der Waals surface area (Å²) in [5, 5.41) is 1.41. The van der Waals surface area contributed by atoms with Gasteiger partial charge in [0.15, 0.2) is 5.69 Å². The Bertz CT molecular complexity index is 315. The quantitative estimate of drug-likeness (QED) is 0.507. The SMILES string of the molecule is CC[n+]1c(C)sc(C)c1C.[O-][Cl+3]([O-])([O-])[O-]. The largest absolute Gasteiger partial charge is 0.234 e. The van der Waals surface area contributed by atoms with Gasteiger partial charge in [-0.1, -0.05) is 11.3 Å². The predicted molar refractivity (Wildman–Crippen MR) is 44.4 cm³/mol. The van der Waals surface area contributed by atoms with Crippen LogP contribution in [0.15, 0.2) is 0 Å². The van der Waals surface area contributed by atoms with Crippen molar-refractivity contribution in [1.82, 2.24) is 0 Å². The third-order valence-corrected chi connectivity index (χ3v) is 3.03. The first-order chi connectivity index (χ1) is 6.66. The second-order valence-corrected chi connectivity index (χ2v) is 5.05. The van der Waals surface area contributed by atoms with Crippen molar-refractivity contribution < 1.29 is 33.4 Å². The highest BCUT2D eigenvalue weighted by Crippen LogP contribution is 2.12. The zero-order valence-corrected chi connectivity index (χ0v) is 10.6. The number of rotatable bonds is 1. The van der Waals surface area contributed by atoms with Gasteiger partial charge in [0.1, 0.15) is 6.54 Å². The first-order valence-electron chi connectivity index (χ1n) is 4.25. The maximum Gasteiger partial charge on any atom is 0.234 e. The van der Waals surface area contributed by atoms with Gasteiger partial charge < -0.3 is 0 Å². The van der Waals surface area contributed by atoms with Crippen LogP contribution in [0.3, 0.4) is 0 Å². The van der Waals surface area contributed by atoms with Gasteiger partial charge in [0.2, 0.25) is 5.01 Å². The highest BCUT2D eigenvalue weighted by Gasteiger charge is 2.14. The van der Waals surface area contributed by atoms with Crippen LogP contribution < -0.4 is 23.2 Å². The van der Waals surface area contributed by atoms with E-state index in [1.54, 1.807) is 0 Å². The molecule has 0 aliphatic heterocycles. The number of hydrogen-bond acceptors (Lipinski definition) is 5. The Morgan fingerprint density at radius 3 is 1.67 bits per heavy atom. The fourth-order valence-electron chi connectivity index (χ4n) is 1.24. The number of aromatic nitrogens is 1. The van der Waals surface area contributed by atoms with Gasteiger partial charge in [-0.15, -0.1) is 10.2 Å². The van der Waals surface area contributed by atoms with E-state index in [0.29, 0.717) is 0 Å². The summed E-state index contributed by atoms with van der Waals surface area (Å²) in [6.07, 6.45) is 0. The van der Waals surface area contributed by atoms with Crippen molar-refractivity contribution >= 4 is 11.3 Å². The first-order valence-corrected chi connectivity index (χ1v) is 6.30. The van der Waals surface area contributed by atoms with Gasteiger partial charge in [0.05, 0.1) is 4.88 Å². The summed E-state index contributed by atoms with van der Waals surface area (Å²) in [6.45, 7) is 9.82. The Kier molecular flexibility index (Phi) is 5.65. The van der Waals surface area contributed by atoms with Crippen LogP contribution in [0.25, 0.3) is 0 Å². The number of halogens is 1. The molecule has 1 aromatic heterocycles. The molecule has 0 amide bonds. The van der Waals surface area contributed by atoms with Gasteiger partial charge >= 0.3 is 0 Å². The van der Waals surface area contributed by atoms with Crippen molar-refractivity contribution in [2.45, 2.75) is 34.2 Å². The van der Waals surface area contributed by atoms with E-state index in [9.17, 15) is 0 Å². The van der Waals surface area contributed by atoms with E-state index in [1.807, 2.05) is 11.3 Å². The Morgan fingerprint density at radius 2 is 1.53 bits per heavy atom. The average molecular weight is 256 g/mol. The Balaban J connectivity index is 0.000000336. The topological polar surface area (TPSA) is 96.1 Å². The number of nitrogens with zero attached hydrogens (tertiary/aromatic N) is 1. The summed E-state index contributed by atoms with van der Waals surface area (Å²) < 4.78 is 36.3. The average Bonchev–Trinajstić information content (AvgIpc) is 2.23. The molecule has 1 rings (SSSR count). The molecular formula is C8H14ClNO4S. The molecule has 0 bridgehead atoms. The van der Waals surface area contributed by atoms with Crippen LogP contribution in [0.4, 0.5) is 0 Å². The van der Waals surface area contributed by atoms with E-state index in [-0.39, 0.29) is 0 Å². The van der Waals surface area contributed by atoms with Crippen molar-refractivity contribution in [3.8, 4) is 0 Å². The van der Waals surface area contributed by atoms with Crippen LogP contribution in [-0.4, -0.2) is 0 Å². The van der Waals surface area contributed by atoms with E-state index in [0.717, 1.165) is 6.54 Å². The molecule has 0 N–H and O–H groups in total. The minimum atomic E-state index is -4.94. The smallest absolute Gasteiger partial charge is 0.222 e. The lowest BCUT2D eigenvalue weighted by Crippen LogP contribution is -2.68. The van der Waals surface area contributed by atoms with Crippen LogP contribution in [0, 0.1) is 31.0 Å². The molecule has 0 spiro atoms. The summed E-state index contributed by atoms with van der Waals surface area (Å²) in [5.74, 6) is 0. The number of thiazole rings is 1. The van der Waals surface area contributed by atoms with Crippen molar-refractivity contribution in [2.24, 2.45) is 0 Å². The fraction of sp³-hybridized carbons (Fsp3) is 0.625. The summed E-state index contributed by atoms with van der Waals surface area (Å²) in [6, 6.07) is 0. The zero-order valence-electron chi connectivity index (χ0n) is 9.07. The van der Waals surface area contributed by atoms with Gasteiger partial charge in [0, 0.05) is 13.8 Å². The number of hydrogen-bond donors (Lipinski definition) is 0. The number of aryl methyl sites for hydroxylation is 2. The Morgan fingerprint density at radius 1 is 1.13 bits per heavy atom. The molecule has 0 fully saturated rings. The Labute approximate surface area is 95.0 Å².